The minimum atomic E-state index is -4.31. The molecule has 1 aromatic carbocycles. The molecule has 0 bridgehead atoms. The van der Waals surface area contributed by atoms with Crippen molar-refractivity contribution in [3.05, 3.63) is 35.4 Å². The molecule has 1 aliphatic carbocycles. The average Bonchev–Trinajstić information content (AvgIpc) is 2.72. The fourth-order valence-electron chi connectivity index (χ4n) is 4.41. The molecule has 2 N–H and O–H groups in total. The van der Waals surface area contributed by atoms with Crippen molar-refractivity contribution in [2.45, 2.75) is 43.7 Å². The zero-order valence-corrected chi connectivity index (χ0v) is 18.8. The molecule has 1 saturated carbocycles. The van der Waals surface area contributed by atoms with Crippen molar-refractivity contribution in [1.29, 1.82) is 0 Å². The van der Waals surface area contributed by atoms with Crippen LogP contribution in [0.2, 0.25) is 0 Å². The van der Waals surface area contributed by atoms with Gasteiger partial charge in [0.25, 0.3) is 0 Å². The van der Waals surface area contributed by atoms with Crippen LogP contribution in [-0.4, -0.2) is 75.7 Å². The van der Waals surface area contributed by atoms with Crippen molar-refractivity contribution in [2.24, 2.45) is 4.99 Å². The van der Waals surface area contributed by atoms with E-state index in [1.165, 1.54) is 12.1 Å². The highest BCUT2D eigenvalue weighted by atomic mass is 19.4. The van der Waals surface area contributed by atoms with Crippen LogP contribution in [-0.2, 0) is 11.6 Å². The second kappa shape index (κ2) is 10.7. The topological polar surface area (TPSA) is 42.9 Å². The number of hydrogen-bond acceptors (Lipinski definition) is 3. The molecule has 174 valence electrons. The minimum absolute atomic E-state index is 0.250. The first kappa shape index (κ1) is 23.9. The van der Waals surface area contributed by atoms with Gasteiger partial charge in [-0.05, 0) is 50.9 Å². The summed E-state index contributed by atoms with van der Waals surface area (Å²) in [5.74, 6) is 0.720. The molecule has 0 radical (unpaired) electrons. The van der Waals surface area contributed by atoms with Gasteiger partial charge in [-0.25, -0.2) is 0 Å². The molecular formula is C23H36F3N5. The van der Waals surface area contributed by atoms with Crippen molar-refractivity contribution in [3.8, 4) is 0 Å². The van der Waals surface area contributed by atoms with Gasteiger partial charge in [0.05, 0.1) is 5.56 Å². The molecule has 2 aliphatic rings. The third-order valence-corrected chi connectivity index (χ3v) is 6.72. The number of halogens is 3. The molecule has 8 heteroatoms. The number of benzene rings is 1. The lowest BCUT2D eigenvalue weighted by atomic mass is 9.64. The lowest BCUT2D eigenvalue weighted by Gasteiger charge is -2.43. The normalized spacial score (nSPS) is 20.4. The summed E-state index contributed by atoms with van der Waals surface area (Å²) in [5, 5.41) is 6.71. The molecule has 2 fully saturated rings. The standard InChI is InChI=1S/C23H36F3N5/c1-27-21(28-11-3-4-12-31-15-13-30(2)14-16-31)29-18-22(9-6-10-22)19-7-5-8-20(17-19)23(24,25)26/h5,7-8,17H,3-4,6,9-16,18H2,1-2H3,(H2,27,28,29). The van der Waals surface area contributed by atoms with Gasteiger partial charge in [0.15, 0.2) is 5.96 Å². The van der Waals surface area contributed by atoms with E-state index in [0.29, 0.717) is 6.54 Å². The Morgan fingerprint density at radius 2 is 1.84 bits per heavy atom. The van der Waals surface area contributed by atoms with Gasteiger partial charge in [-0.15, -0.1) is 0 Å². The number of hydrogen-bond donors (Lipinski definition) is 2. The molecule has 0 aromatic heterocycles. The van der Waals surface area contributed by atoms with Crippen LogP contribution in [0, 0.1) is 0 Å². The highest BCUT2D eigenvalue weighted by Crippen LogP contribution is 2.44. The van der Waals surface area contributed by atoms with Crippen LogP contribution in [0.3, 0.4) is 0 Å². The second-order valence-electron chi connectivity index (χ2n) is 8.92. The molecule has 3 rings (SSSR count). The fourth-order valence-corrected chi connectivity index (χ4v) is 4.41. The van der Waals surface area contributed by atoms with E-state index < -0.39 is 11.7 Å². The SMILES string of the molecule is CN=C(NCCCCN1CCN(C)CC1)NCC1(c2cccc(C(F)(F)F)c2)CCC1. The third-order valence-electron chi connectivity index (χ3n) is 6.72. The number of rotatable bonds is 8. The van der Waals surface area contributed by atoms with Crippen LogP contribution < -0.4 is 10.6 Å². The Kier molecular flexibility index (Phi) is 8.22. The summed E-state index contributed by atoms with van der Waals surface area (Å²) in [6, 6.07) is 5.80. The van der Waals surface area contributed by atoms with Crippen LogP contribution >= 0.6 is 0 Å². The van der Waals surface area contributed by atoms with Crippen molar-refractivity contribution in [2.75, 3.05) is 59.9 Å². The van der Waals surface area contributed by atoms with E-state index in [-0.39, 0.29) is 5.41 Å². The van der Waals surface area contributed by atoms with Crippen LogP contribution in [0.15, 0.2) is 29.3 Å². The molecule has 0 unspecified atom stereocenters. The Morgan fingerprint density at radius 1 is 1.10 bits per heavy atom. The van der Waals surface area contributed by atoms with E-state index in [1.807, 2.05) is 6.07 Å². The van der Waals surface area contributed by atoms with Crippen LogP contribution in [0.25, 0.3) is 0 Å². The van der Waals surface area contributed by atoms with Gasteiger partial charge in [0.1, 0.15) is 0 Å². The molecule has 0 atom stereocenters. The number of unbranched alkanes of at least 4 members (excludes halogenated alkanes) is 1. The van der Waals surface area contributed by atoms with E-state index in [1.54, 1.807) is 7.05 Å². The quantitative estimate of drug-likeness (QED) is 0.371. The summed E-state index contributed by atoms with van der Waals surface area (Å²) in [4.78, 5) is 9.17. The molecule has 0 amide bonds. The maximum Gasteiger partial charge on any atom is 0.416 e. The van der Waals surface area contributed by atoms with E-state index in [0.717, 1.165) is 89.0 Å². The van der Waals surface area contributed by atoms with Crippen LogP contribution in [0.5, 0.6) is 0 Å². The number of guanidine groups is 1. The molecular weight excluding hydrogens is 403 g/mol. The van der Waals surface area contributed by atoms with Gasteiger partial charge in [-0.3, -0.25) is 4.99 Å². The first-order chi connectivity index (χ1) is 14.8. The molecule has 31 heavy (non-hydrogen) atoms. The van der Waals surface area contributed by atoms with Crippen molar-refractivity contribution in [1.82, 2.24) is 20.4 Å². The van der Waals surface area contributed by atoms with Gasteiger partial charge in [0, 0.05) is 51.7 Å². The van der Waals surface area contributed by atoms with Crippen molar-refractivity contribution >= 4 is 5.96 Å². The zero-order valence-electron chi connectivity index (χ0n) is 18.8. The summed E-state index contributed by atoms with van der Waals surface area (Å²) in [6.45, 7) is 7.12. The molecule has 0 spiro atoms. The third kappa shape index (κ3) is 6.59. The number of nitrogens with zero attached hydrogens (tertiary/aromatic N) is 3. The number of likely N-dealkylation sites (N-methyl/N-ethyl adjacent to an activating group) is 1. The zero-order chi connectivity index (χ0) is 22.3. The summed E-state index contributed by atoms with van der Waals surface area (Å²) >= 11 is 0. The van der Waals surface area contributed by atoms with Gasteiger partial charge < -0.3 is 20.4 Å². The monoisotopic (exact) mass is 439 g/mol. The van der Waals surface area contributed by atoms with E-state index in [9.17, 15) is 13.2 Å². The second-order valence-corrected chi connectivity index (χ2v) is 8.92. The Labute approximate surface area is 184 Å². The number of aliphatic imine (C=N–C) groups is 1. The molecule has 1 aromatic rings. The van der Waals surface area contributed by atoms with Crippen molar-refractivity contribution < 1.29 is 13.2 Å². The van der Waals surface area contributed by atoms with E-state index in [2.05, 4.69) is 32.5 Å². The Morgan fingerprint density at radius 3 is 2.45 bits per heavy atom. The number of nitrogens with one attached hydrogen (secondary N) is 2. The average molecular weight is 440 g/mol. The largest absolute Gasteiger partial charge is 0.416 e. The number of piperazine rings is 1. The molecule has 1 heterocycles. The van der Waals surface area contributed by atoms with E-state index in [4.69, 9.17) is 0 Å². The molecule has 1 saturated heterocycles. The summed E-state index contributed by atoms with van der Waals surface area (Å²) < 4.78 is 39.4. The fraction of sp³-hybridized carbons (Fsp3) is 0.696. The summed E-state index contributed by atoms with van der Waals surface area (Å²) in [5.41, 5.74) is -0.0526. The minimum Gasteiger partial charge on any atom is -0.356 e. The lowest BCUT2D eigenvalue weighted by molar-refractivity contribution is -0.137. The lowest BCUT2D eigenvalue weighted by Crippen LogP contribution is -2.49. The summed E-state index contributed by atoms with van der Waals surface area (Å²) in [7, 11) is 3.90. The van der Waals surface area contributed by atoms with Crippen LogP contribution in [0.4, 0.5) is 13.2 Å². The predicted octanol–water partition coefficient (Wildman–Crippen LogP) is 3.32. The Bertz CT molecular complexity index is 722. The highest BCUT2D eigenvalue weighted by Gasteiger charge is 2.40. The molecule has 1 aliphatic heterocycles. The first-order valence-corrected chi connectivity index (χ1v) is 11.4. The smallest absolute Gasteiger partial charge is 0.356 e. The Hall–Kier alpha value is -1.80. The Balaban J connectivity index is 1.43. The van der Waals surface area contributed by atoms with Gasteiger partial charge in [-0.1, -0.05) is 24.6 Å². The number of alkyl halides is 3. The molecule has 5 nitrogen and oxygen atoms in total. The predicted molar refractivity (Wildman–Crippen MR) is 120 cm³/mol. The maximum atomic E-state index is 13.1. The summed E-state index contributed by atoms with van der Waals surface area (Å²) in [6.07, 6.45) is 0.715. The van der Waals surface area contributed by atoms with Crippen molar-refractivity contribution in [3.63, 3.8) is 0 Å². The van der Waals surface area contributed by atoms with Crippen LogP contribution in [0.1, 0.15) is 43.2 Å². The van der Waals surface area contributed by atoms with E-state index >= 15 is 0 Å². The first-order valence-electron chi connectivity index (χ1n) is 11.4. The highest BCUT2D eigenvalue weighted by molar-refractivity contribution is 5.79. The van der Waals surface area contributed by atoms with Gasteiger partial charge in [0.2, 0.25) is 0 Å². The maximum absolute atomic E-state index is 13.1. The van der Waals surface area contributed by atoms with Gasteiger partial charge in [-0.2, -0.15) is 13.2 Å². The van der Waals surface area contributed by atoms with Gasteiger partial charge >= 0.3 is 6.18 Å².